The summed E-state index contributed by atoms with van der Waals surface area (Å²) in [6, 6.07) is 11.8. The van der Waals surface area contributed by atoms with Gasteiger partial charge in [-0.1, -0.05) is 12.1 Å². The highest BCUT2D eigenvalue weighted by molar-refractivity contribution is 9.10. The van der Waals surface area contributed by atoms with Gasteiger partial charge in [0.1, 0.15) is 10.6 Å². The minimum Gasteiger partial charge on any atom is -0.466 e. The lowest BCUT2D eigenvalue weighted by atomic mass is 10.1. The topological polar surface area (TPSA) is 94.6 Å². The smallest absolute Gasteiger partial charge is 0.416 e. The molecule has 3 rings (SSSR count). The number of carbonyl (C=O) groups excluding carboxylic acids is 1. The number of alkyl halides is 3. The number of ether oxygens (including phenoxy) is 2. The number of aryl methyl sites for hydroxylation is 1. The van der Waals surface area contributed by atoms with Crippen LogP contribution in [-0.2, 0) is 32.2 Å². The standard InChI is InChI=1S/C23H20BrF3N2O5S/c1-2-33-21(30)12-5-15-3-10-18(11-4-15)34-22-20(24)13-19(14-28-22)35(31,32)29-17-8-6-16(7-9-17)23(25,26)27/h3-4,6-11,13-14,29H,2,5,12H2,1H3. The molecule has 0 aliphatic carbocycles. The van der Waals surface area contributed by atoms with E-state index in [1.165, 1.54) is 6.07 Å². The normalized spacial score (nSPS) is 11.7. The SMILES string of the molecule is CCOC(=O)CCc1ccc(Oc2ncc(S(=O)(=O)Nc3ccc(C(F)(F)F)cc3)cc2Br)cc1. The van der Waals surface area contributed by atoms with Gasteiger partial charge in [0.25, 0.3) is 10.0 Å². The van der Waals surface area contributed by atoms with Gasteiger partial charge < -0.3 is 9.47 Å². The number of anilines is 1. The Bertz CT molecular complexity index is 1280. The molecule has 0 atom stereocenters. The molecule has 0 aliphatic heterocycles. The van der Waals surface area contributed by atoms with E-state index in [1.54, 1.807) is 31.2 Å². The molecule has 0 spiro atoms. The van der Waals surface area contributed by atoms with E-state index in [2.05, 4.69) is 25.6 Å². The van der Waals surface area contributed by atoms with Crippen molar-refractivity contribution in [3.63, 3.8) is 0 Å². The summed E-state index contributed by atoms with van der Waals surface area (Å²) in [7, 11) is -4.11. The van der Waals surface area contributed by atoms with Gasteiger partial charge in [0.15, 0.2) is 0 Å². The van der Waals surface area contributed by atoms with Gasteiger partial charge >= 0.3 is 12.1 Å². The van der Waals surface area contributed by atoms with E-state index in [0.717, 1.165) is 36.0 Å². The number of halogens is 4. The van der Waals surface area contributed by atoms with Crippen LogP contribution in [0.15, 0.2) is 70.2 Å². The van der Waals surface area contributed by atoms with E-state index in [9.17, 15) is 26.4 Å². The maximum atomic E-state index is 12.7. The summed E-state index contributed by atoms with van der Waals surface area (Å²) in [6.07, 6.45) is -2.68. The summed E-state index contributed by atoms with van der Waals surface area (Å²) < 4.78 is 76.4. The Morgan fingerprint density at radius 3 is 2.31 bits per heavy atom. The second kappa shape index (κ2) is 11.1. The number of hydrogen-bond acceptors (Lipinski definition) is 6. The van der Waals surface area contributed by atoms with Crippen LogP contribution in [0.3, 0.4) is 0 Å². The van der Waals surface area contributed by atoms with Crippen molar-refractivity contribution in [3.05, 3.63) is 76.4 Å². The number of benzene rings is 2. The van der Waals surface area contributed by atoms with Crippen LogP contribution in [-0.4, -0.2) is 26.0 Å². The number of nitrogens with zero attached hydrogens (tertiary/aromatic N) is 1. The molecular formula is C23H20BrF3N2O5S. The third-order valence-corrected chi connectivity index (χ3v) is 6.53. The minimum absolute atomic E-state index is 0.0301. The van der Waals surface area contributed by atoms with Gasteiger partial charge in [0.2, 0.25) is 5.88 Å². The molecule has 0 radical (unpaired) electrons. The van der Waals surface area contributed by atoms with Crippen molar-refractivity contribution in [2.24, 2.45) is 0 Å². The highest BCUT2D eigenvalue weighted by Gasteiger charge is 2.30. The average molecular weight is 573 g/mol. The van der Waals surface area contributed by atoms with E-state index in [-0.39, 0.29) is 33.3 Å². The molecule has 0 aliphatic rings. The summed E-state index contributed by atoms with van der Waals surface area (Å²) in [6.45, 7) is 2.08. The molecular weight excluding hydrogens is 553 g/mol. The molecule has 2 aromatic carbocycles. The molecule has 12 heteroatoms. The molecule has 0 bridgehead atoms. The molecule has 35 heavy (non-hydrogen) atoms. The third-order valence-electron chi connectivity index (χ3n) is 4.62. The van der Waals surface area contributed by atoms with E-state index in [1.807, 2.05) is 0 Å². The highest BCUT2D eigenvalue weighted by Crippen LogP contribution is 2.32. The number of carbonyl (C=O) groups is 1. The molecule has 0 saturated heterocycles. The molecule has 186 valence electrons. The number of sulfonamides is 1. The first kappa shape index (κ1) is 26.5. The first-order valence-corrected chi connectivity index (χ1v) is 12.5. The van der Waals surface area contributed by atoms with E-state index < -0.39 is 21.8 Å². The fourth-order valence-corrected chi connectivity index (χ4v) is 4.50. The van der Waals surface area contributed by atoms with Gasteiger partial charge in [-0.15, -0.1) is 0 Å². The monoisotopic (exact) mass is 572 g/mol. The molecule has 0 fully saturated rings. The minimum atomic E-state index is -4.52. The van der Waals surface area contributed by atoms with E-state index >= 15 is 0 Å². The van der Waals surface area contributed by atoms with Crippen LogP contribution in [0.5, 0.6) is 11.6 Å². The lowest BCUT2D eigenvalue weighted by Crippen LogP contribution is -2.14. The molecule has 7 nitrogen and oxygen atoms in total. The quantitative estimate of drug-likeness (QED) is 0.318. The lowest BCUT2D eigenvalue weighted by molar-refractivity contribution is -0.143. The Morgan fingerprint density at radius 2 is 1.74 bits per heavy atom. The summed E-state index contributed by atoms with van der Waals surface area (Å²) in [4.78, 5) is 15.3. The zero-order valence-corrected chi connectivity index (χ0v) is 20.7. The molecule has 0 unspecified atom stereocenters. The van der Waals surface area contributed by atoms with Crippen molar-refractivity contribution in [1.82, 2.24) is 4.98 Å². The Kier molecular flexibility index (Phi) is 8.39. The van der Waals surface area contributed by atoms with Crippen molar-refractivity contribution < 1.29 is 35.9 Å². The number of aromatic nitrogens is 1. The van der Waals surface area contributed by atoms with Crippen LogP contribution in [0, 0.1) is 0 Å². The number of nitrogens with one attached hydrogen (secondary N) is 1. The predicted octanol–water partition coefficient (Wildman–Crippen LogP) is 5.95. The molecule has 3 aromatic rings. The summed E-state index contributed by atoms with van der Waals surface area (Å²) >= 11 is 3.23. The second-order valence-electron chi connectivity index (χ2n) is 7.19. The number of esters is 1. The van der Waals surface area contributed by atoms with Gasteiger partial charge in [-0.05, 0) is 77.3 Å². The first-order chi connectivity index (χ1) is 16.5. The van der Waals surface area contributed by atoms with E-state index in [0.29, 0.717) is 18.8 Å². The van der Waals surface area contributed by atoms with Gasteiger partial charge in [-0.25, -0.2) is 13.4 Å². The number of rotatable bonds is 9. The highest BCUT2D eigenvalue weighted by atomic mass is 79.9. The Balaban J connectivity index is 1.66. The zero-order valence-electron chi connectivity index (χ0n) is 18.3. The second-order valence-corrected chi connectivity index (χ2v) is 9.73. The van der Waals surface area contributed by atoms with Crippen molar-refractivity contribution in [3.8, 4) is 11.6 Å². The van der Waals surface area contributed by atoms with Crippen LogP contribution in [0.1, 0.15) is 24.5 Å². The van der Waals surface area contributed by atoms with Crippen molar-refractivity contribution in [2.75, 3.05) is 11.3 Å². The fraction of sp³-hybridized carbons (Fsp3) is 0.217. The van der Waals surface area contributed by atoms with Crippen molar-refractivity contribution in [1.29, 1.82) is 0 Å². The van der Waals surface area contributed by atoms with Gasteiger partial charge in [0.05, 0.1) is 22.8 Å². The lowest BCUT2D eigenvalue weighted by Gasteiger charge is -2.12. The summed E-state index contributed by atoms with van der Waals surface area (Å²) in [5.74, 6) is 0.276. The summed E-state index contributed by atoms with van der Waals surface area (Å²) in [5, 5.41) is 0. The largest absolute Gasteiger partial charge is 0.466 e. The fourth-order valence-electron chi connectivity index (χ4n) is 2.89. The Hall–Kier alpha value is -3.12. The van der Waals surface area contributed by atoms with Crippen LogP contribution < -0.4 is 9.46 Å². The van der Waals surface area contributed by atoms with Crippen molar-refractivity contribution in [2.45, 2.75) is 30.8 Å². The van der Waals surface area contributed by atoms with Gasteiger partial charge in [-0.2, -0.15) is 13.2 Å². The third kappa shape index (κ3) is 7.43. The Morgan fingerprint density at radius 1 is 1.09 bits per heavy atom. The predicted molar refractivity (Wildman–Crippen MR) is 126 cm³/mol. The van der Waals surface area contributed by atoms with Crippen LogP contribution in [0.4, 0.5) is 18.9 Å². The maximum absolute atomic E-state index is 12.7. The number of pyridine rings is 1. The zero-order chi connectivity index (χ0) is 25.6. The van der Waals surface area contributed by atoms with E-state index in [4.69, 9.17) is 9.47 Å². The molecule has 0 amide bonds. The van der Waals surface area contributed by atoms with Crippen molar-refractivity contribution >= 4 is 37.6 Å². The van der Waals surface area contributed by atoms with Gasteiger partial charge in [-0.3, -0.25) is 9.52 Å². The van der Waals surface area contributed by atoms with Crippen LogP contribution in [0.25, 0.3) is 0 Å². The first-order valence-electron chi connectivity index (χ1n) is 10.3. The summed E-state index contributed by atoms with van der Waals surface area (Å²) in [5.41, 5.74) is -0.0101. The van der Waals surface area contributed by atoms with Crippen LogP contribution >= 0.6 is 15.9 Å². The van der Waals surface area contributed by atoms with Gasteiger partial charge in [0, 0.05) is 12.1 Å². The molecule has 0 saturated carbocycles. The van der Waals surface area contributed by atoms with Crippen LogP contribution in [0.2, 0.25) is 0 Å². The molecule has 1 aromatic heterocycles. The molecule has 1 N–H and O–H groups in total. The molecule has 1 heterocycles. The maximum Gasteiger partial charge on any atom is 0.416 e. The average Bonchev–Trinajstić information content (AvgIpc) is 2.79. The Labute approximate surface area is 208 Å². The number of hydrogen-bond donors (Lipinski definition) is 1.